The molecule has 2 N–H and O–H groups in total. The van der Waals surface area contributed by atoms with Crippen molar-refractivity contribution in [1.29, 1.82) is 0 Å². The van der Waals surface area contributed by atoms with Gasteiger partial charge in [-0.15, -0.1) is 0 Å². The molecule has 166 valence electrons. The summed E-state index contributed by atoms with van der Waals surface area (Å²) in [4.78, 5) is 11.6. The molecule has 4 aliphatic carbocycles. The standard InChI is InChI=1S/C25H42O4/c1-15(5-8-22(28)29-4)18-6-7-19-23-20(10-12-25(18,19)3)24(2)11-9-17(26)13-16(24)14-21(23)27/h15-21,23,26-27H,5-14H2,1-4H3/t15-,16+,17-,18-,19+,20+,21+,23+,24-,25+/m0/s1. The van der Waals surface area contributed by atoms with Crippen molar-refractivity contribution in [3.05, 3.63) is 0 Å². The zero-order valence-corrected chi connectivity index (χ0v) is 18.9. The van der Waals surface area contributed by atoms with Crippen molar-refractivity contribution in [1.82, 2.24) is 0 Å². The Bertz CT molecular complexity index is 620. The minimum Gasteiger partial charge on any atom is -0.469 e. The molecule has 10 atom stereocenters. The van der Waals surface area contributed by atoms with Crippen LogP contribution in [0.3, 0.4) is 0 Å². The molecule has 4 aliphatic rings. The van der Waals surface area contributed by atoms with Crippen LogP contribution >= 0.6 is 0 Å². The molecule has 4 heteroatoms. The zero-order valence-electron chi connectivity index (χ0n) is 18.9. The number of aliphatic hydroxyl groups is 2. The van der Waals surface area contributed by atoms with Gasteiger partial charge in [0.2, 0.25) is 0 Å². The van der Waals surface area contributed by atoms with E-state index in [-0.39, 0.29) is 23.6 Å². The average Bonchev–Trinajstić information content (AvgIpc) is 3.04. The van der Waals surface area contributed by atoms with Crippen molar-refractivity contribution < 1.29 is 19.7 Å². The second-order valence-corrected chi connectivity index (χ2v) is 11.5. The smallest absolute Gasteiger partial charge is 0.305 e. The van der Waals surface area contributed by atoms with Gasteiger partial charge >= 0.3 is 5.97 Å². The molecule has 0 aromatic carbocycles. The predicted octanol–water partition coefficient (Wildman–Crippen LogP) is 4.57. The lowest BCUT2D eigenvalue weighted by molar-refractivity contribution is -0.174. The van der Waals surface area contributed by atoms with E-state index in [1.165, 1.54) is 32.8 Å². The summed E-state index contributed by atoms with van der Waals surface area (Å²) in [5.74, 6) is 3.17. The van der Waals surface area contributed by atoms with E-state index >= 15 is 0 Å². The molecule has 0 unspecified atom stereocenters. The van der Waals surface area contributed by atoms with Crippen LogP contribution in [0.4, 0.5) is 0 Å². The SMILES string of the molecule is COC(=O)CC[C@H](C)[C@@H]1CC[C@@H]2[C@H]3[C@H](O)C[C@H]4C[C@@H](O)CC[C@]4(C)[C@@H]3CC[C@@]21C. The van der Waals surface area contributed by atoms with Gasteiger partial charge in [-0.25, -0.2) is 0 Å². The summed E-state index contributed by atoms with van der Waals surface area (Å²) in [7, 11) is 1.48. The summed E-state index contributed by atoms with van der Waals surface area (Å²) in [6.07, 6.45) is 9.80. The molecule has 0 bridgehead atoms. The third-order valence-electron chi connectivity index (χ3n) is 10.4. The van der Waals surface area contributed by atoms with Crippen LogP contribution in [0.2, 0.25) is 0 Å². The molecule has 0 aromatic heterocycles. The second kappa shape index (κ2) is 7.82. The quantitative estimate of drug-likeness (QED) is 0.671. The van der Waals surface area contributed by atoms with E-state index in [0.717, 1.165) is 32.1 Å². The van der Waals surface area contributed by atoms with E-state index in [1.807, 2.05) is 0 Å². The number of aliphatic hydroxyl groups excluding tert-OH is 2. The summed E-state index contributed by atoms with van der Waals surface area (Å²) in [5, 5.41) is 21.5. The number of ether oxygens (including phenoxy) is 1. The Kier molecular flexibility index (Phi) is 5.83. The molecule has 0 radical (unpaired) electrons. The van der Waals surface area contributed by atoms with Crippen molar-refractivity contribution >= 4 is 5.97 Å². The molecule has 0 aliphatic heterocycles. The fourth-order valence-corrected chi connectivity index (χ4v) is 8.82. The Morgan fingerprint density at radius 1 is 1.03 bits per heavy atom. The molecule has 4 nitrogen and oxygen atoms in total. The van der Waals surface area contributed by atoms with Crippen LogP contribution in [-0.2, 0) is 9.53 Å². The largest absolute Gasteiger partial charge is 0.469 e. The Balaban J connectivity index is 1.53. The molecule has 0 spiro atoms. The molecule has 0 aromatic rings. The number of methoxy groups -OCH3 is 1. The number of rotatable bonds is 4. The second-order valence-electron chi connectivity index (χ2n) is 11.5. The minimum absolute atomic E-state index is 0.0959. The Labute approximate surface area is 176 Å². The van der Waals surface area contributed by atoms with Crippen molar-refractivity contribution in [2.45, 2.75) is 97.2 Å². The van der Waals surface area contributed by atoms with E-state index in [9.17, 15) is 15.0 Å². The number of carbonyl (C=O) groups excluding carboxylic acids is 1. The molecular formula is C25H42O4. The highest BCUT2D eigenvalue weighted by molar-refractivity contribution is 5.69. The van der Waals surface area contributed by atoms with Crippen LogP contribution in [0, 0.1) is 46.3 Å². The Morgan fingerprint density at radius 2 is 1.72 bits per heavy atom. The van der Waals surface area contributed by atoms with Gasteiger partial charge in [-0.05, 0) is 104 Å². The first-order valence-corrected chi connectivity index (χ1v) is 12.1. The fraction of sp³-hybridized carbons (Fsp3) is 0.960. The Hall–Kier alpha value is -0.610. The van der Waals surface area contributed by atoms with E-state index in [1.54, 1.807) is 0 Å². The van der Waals surface area contributed by atoms with Crippen molar-refractivity contribution in [3.63, 3.8) is 0 Å². The first-order valence-electron chi connectivity index (χ1n) is 12.1. The lowest BCUT2D eigenvalue weighted by Gasteiger charge is -2.62. The minimum atomic E-state index is -0.211. The summed E-state index contributed by atoms with van der Waals surface area (Å²) < 4.78 is 4.86. The molecular weight excluding hydrogens is 364 g/mol. The monoisotopic (exact) mass is 406 g/mol. The summed E-state index contributed by atoms with van der Waals surface area (Å²) in [5.41, 5.74) is 0.577. The maximum Gasteiger partial charge on any atom is 0.305 e. The van der Waals surface area contributed by atoms with Gasteiger partial charge in [0.15, 0.2) is 0 Å². The predicted molar refractivity (Wildman–Crippen MR) is 113 cm³/mol. The number of hydrogen-bond donors (Lipinski definition) is 2. The summed E-state index contributed by atoms with van der Waals surface area (Å²) in [6, 6.07) is 0. The lowest BCUT2D eigenvalue weighted by atomic mass is 9.43. The number of esters is 1. The zero-order chi connectivity index (χ0) is 21.0. The molecule has 4 fully saturated rings. The Morgan fingerprint density at radius 3 is 2.45 bits per heavy atom. The van der Waals surface area contributed by atoms with Gasteiger partial charge in [0.05, 0.1) is 19.3 Å². The van der Waals surface area contributed by atoms with Crippen LogP contribution in [0.25, 0.3) is 0 Å². The normalized spacial score (nSPS) is 50.2. The van der Waals surface area contributed by atoms with E-state index in [2.05, 4.69) is 20.8 Å². The summed E-state index contributed by atoms with van der Waals surface area (Å²) in [6.45, 7) is 7.29. The first kappa shape index (κ1) is 21.6. The van der Waals surface area contributed by atoms with E-state index < -0.39 is 0 Å². The average molecular weight is 407 g/mol. The van der Waals surface area contributed by atoms with Crippen molar-refractivity contribution in [2.75, 3.05) is 7.11 Å². The van der Waals surface area contributed by atoms with E-state index in [4.69, 9.17) is 4.74 Å². The molecule has 29 heavy (non-hydrogen) atoms. The number of hydrogen-bond acceptors (Lipinski definition) is 4. The van der Waals surface area contributed by atoms with Gasteiger partial charge in [0.1, 0.15) is 0 Å². The van der Waals surface area contributed by atoms with Crippen LogP contribution in [0.1, 0.15) is 85.0 Å². The van der Waals surface area contributed by atoms with Crippen molar-refractivity contribution in [2.24, 2.45) is 46.3 Å². The lowest BCUT2D eigenvalue weighted by Crippen LogP contribution is -2.58. The third-order valence-corrected chi connectivity index (χ3v) is 10.4. The third kappa shape index (κ3) is 3.46. The van der Waals surface area contributed by atoms with Crippen LogP contribution < -0.4 is 0 Å². The topological polar surface area (TPSA) is 66.8 Å². The maximum absolute atomic E-state index is 11.6. The molecule has 0 heterocycles. The van der Waals surface area contributed by atoms with Gasteiger partial charge in [0, 0.05) is 6.42 Å². The molecule has 4 saturated carbocycles. The molecule has 0 amide bonds. The van der Waals surface area contributed by atoms with Crippen LogP contribution in [-0.4, -0.2) is 35.5 Å². The first-order chi connectivity index (χ1) is 13.7. The highest BCUT2D eigenvalue weighted by Gasteiger charge is 2.62. The van der Waals surface area contributed by atoms with Gasteiger partial charge in [0.25, 0.3) is 0 Å². The highest BCUT2D eigenvalue weighted by Crippen LogP contribution is 2.68. The number of carbonyl (C=O) groups is 1. The van der Waals surface area contributed by atoms with Gasteiger partial charge in [-0.2, -0.15) is 0 Å². The maximum atomic E-state index is 11.6. The van der Waals surface area contributed by atoms with Gasteiger partial charge in [-0.3, -0.25) is 4.79 Å². The highest BCUT2D eigenvalue weighted by atomic mass is 16.5. The molecule has 4 rings (SSSR count). The van der Waals surface area contributed by atoms with Crippen molar-refractivity contribution in [3.8, 4) is 0 Å². The van der Waals surface area contributed by atoms with Crippen LogP contribution in [0.5, 0.6) is 0 Å². The van der Waals surface area contributed by atoms with Crippen LogP contribution in [0.15, 0.2) is 0 Å². The number of fused-ring (bicyclic) bond motifs is 5. The molecule has 0 saturated heterocycles. The fourth-order valence-electron chi connectivity index (χ4n) is 8.82. The van der Waals surface area contributed by atoms with Gasteiger partial charge < -0.3 is 14.9 Å². The summed E-state index contributed by atoms with van der Waals surface area (Å²) >= 11 is 0. The van der Waals surface area contributed by atoms with E-state index in [0.29, 0.717) is 47.3 Å². The van der Waals surface area contributed by atoms with Gasteiger partial charge in [-0.1, -0.05) is 20.8 Å².